The highest BCUT2D eigenvalue weighted by molar-refractivity contribution is 6.32. The van der Waals surface area contributed by atoms with Crippen molar-refractivity contribution in [1.82, 2.24) is 15.8 Å². The zero-order chi connectivity index (χ0) is 24.3. The number of carbonyl (C=O) groups is 4. The molecule has 1 aromatic rings. The molecule has 0 aromatic heterocycles. The number of halogens is 1. The van der Waals surface area contributed by atoms with Crippen LogP contribution in [0, 0.1) is 5.92 Å². The largest absolute Gasteiger partial charge is 0.489 e. The maximum absolute atomic E-state index is 12.8. The molecule has 2 fully saturated rings. The number of carbonyl (C=O) groups excluding carboxylic acids is 4. The Morgan fingerprint density at radius 1 is 1.26 bits per heavy atom. The first-order valence-electron chi connectivity index (χ1n) is 11.2. The number of amides is 4. The number of hydrogen-bond donors (Lipinski definition) is 2. The minimum atomic E-state index is -0.972. The molecule has 2 aliphatic heterocycles. The highest BCUT2D eigenvalue weighted by atomic mass is 35.5. The average Bonchev–Trinajstić information content (AvgIpc) is 2.97. The van der Waals surface area contributed by atoms with E-state index >= 15 is 0 Å². The summed E-state index contributed by atoms with van der Waals surface area (Å²) in [7, 11) is 0. The second-order valence-electron chi connectivity index (χ2n) is 8.69. The van der Waals surface area contributed by atoms with Crippen molar-refractivity contribution >= 4 is 41.5 Å². The molecular formula is C23H26ClN3O7. The van der Waals surface area contributed by atoms with Gasteiger partial charge in [-0.15, -0.1) is 0 Å². The Labute approximate surface area is 201 Å². The zero-order valence-corrected chi connectivity index (χ0v) is 19.5. The lowest BCUT2D eigenvalue weighted by Gasteiger charge is -2.33. The molecule has 11 heteroatoms. The van der Waals surface area contributed by atoms with Crippen molar-refractivity contribution in [2.75, 3.05) is 19.8 Å². The quantitative estimate of drug-likeness (QED) is 0.368. The molecule has 182 valence electrons. The first-order chi connectivity index (χ1) is 16.3. The number of urea groups is 1. The van der Waals surface area contributed by atoms with E-state index in [-0.39, 0.29) is 0 Å². The second kappa shape index (κ2) is 9.92. The van der Waals surface area contributed by atoms with Gasteiger partial charge in [0, 0.05) is 12.5 Å². The van der Waals surface area contributed by atoms with Crippen molar-refractivity contribution in [2.45, 2.75) is 44.6 Å². The van der Waals surface area contributed by atoms with Crippen molar-refractivity contribution in [3.05, 3.63) is 28.8 Å². The number of hydrazine groups is 1. The Hall–Kier alpha value is -3.27. The van der Waals surface area contributed by atoms with E-state index in [0.717, 1.165) is 25.3 Å². The van der Waals surface area contributed by atoms with Crippen molar-refractivity contribution in [3.8, 4) is 11.5 Å². The number of fused-ring (bicyclic) bond motifs is 1. The minimum Gasteiger partial charge on any atom is -0.489 e. The number of ether oxygens (including phenoxy) is 3. The third-order valence-corrected chi connectivity index (χ3v) is 6.39. The number of esters is 1. The Balaban J connectivity index is 1.29. The number of rotatable bonds is 5. The van der Waals surface area contributed by atoms with E-state index in [9.17, 15) is 19.2 Å². The monoisotopic (exact) mass is 491 g/mol. The number of hydrogen-bond acceptors (Lipinski definition) is 7. The van der Waals surface area contributed by atoms with Crippen LogP contribution in [0.5, 0.6) is 11.5 Å². The first kappa shape index (κ1) is 23.9. The van der Waals surface area contributed by atoms with Gasteiger partial charge in [-0.3, -0.25) is 15.0 Å². The van der Waals surface area contributed by atoms with Crippen LogP contribution in [-0.4, -0.2) is 54.2 Å². The number of benzene rings is 1. The van der Waals surface area contributed by atoms with Gasteiger partial charge in [0.2, 0.25) is 0 Å². The molecule has 10 nitrogen and oxygen atoms in total. The SMILES string of the molecule is CC1CCC2(CC1)NC(=O)N(NC(=O)COC(=O)/C=C/c1cc(Cl)c3c(c1)OCCCO3)C2=O. The van der Waals surface area contributed by atoms with Crippen LogP contribution in [0.2, 0.25) is 5.02 Å². The zero-order valence-electron chi connectivity index (χ0n) is 18.7. The Bertz CT molecular complexity index is 1030. The summed E-state index contributed by atoms with van der Waals surface area (Å²) in [4.78, 5) is 49.3. The topological polar surface area (TPSA) is 123 Å². The van der Waals surface area contributed by atoms with Crippen LogP contribution in [-0.2, 0) is 19.1 Å². The standard InChI is InChI=1S/C23H26ClN3O7/c1-14-5-7-23(8-6-14)21(30)27(22(31)25-23)26-18(28)13-34-19(29)4-3-15-11-16(24)20-17(12-15)32-9-2-10-33-20/h3-4,11-12,14H,2,5-10,13H2,1H3,(H,25,31)(H,26,28)/b4-3+. The molecule has 0 bridgehead atoms. The molecule has 3 aliphatic rings. The molecule has 1 spiro atoms. The first-order valence-corrected chi connectivity index (χ1v) is 11.6. The molecule has 0 atom stereocenters. The summed E-state index contributed by atoms with van der Waals surface area (Å²) >= 11 is 6.23. The fraction of sp³-hybridized carbons (Fsp3) is 0.478. The molecule has 4 rings (SSSR count). The van der Waals surface area contributed by atoms with Gasteiger partial charge in [-0.2, -0.15) is 5.01 Å². The lowest BCUT2D eigenvalue weighted by atomic mass is 9.77. The molecule has 0 unspecified atom stereocenters. The fourth-order valence-electron chi connectivity index (χ4n) is 4.17. The van der Waals surface area contributed by atoms with Crippen LogP contribution < -0.4 is 20.2 Å². The fourth-order valence-corrected chi connectivity index (χ4v) is 4.44. The summed E-state index contributed by atoms with van der Waals surface area (Å²) in [6.07, 6.45) is 6.00. The Morgan fingerprint density at radius 2 is 2.00 bits per heavy atom. The lowest BCUT2D eigenvalue weighted by molar-refractivity contribution is -0.147. The maximum atomic E-state index is 12.8. The summed E-state index contributed by atoms with van der Waals surface area (Å²) in [5.41, 5.74) is 1.83. The van der Waals surface area contributed by atoms with Crippen molar-refractivity contribution < 1.29 is 33.4 Å². The van der Waals surface area contributed by atoms with E-state index in [1.807, 2.05) is 0 Å². The third-order valence-electron chi connectivity index (χ3n) is 6.11. The lowest BCUT2D eigenvalue weighted by Crippen LogP contribution is -2.52. The summed E-state index contributed by atoms with van der Waals surface area (Å²) in [6.45, 7) is 2.43. The van der Waals surface area contributed by atoms with Gasteiger partial charge in [0.05, 0.1) is 18.2 Å². The number of nitrogens with zero attached hydrogens (tertiary/aromatic N) is 1. The van der Waals surface area contributed by atoms with Crippen LogP contribution in [0.1, 0.15) is 44.6 Å². The van der Waals surface area contributed by atoms with Crippen LogP contribution in [0.4, 0.5) is 4.79 Å². The van der Waals surface area contributed by atoms with E-state index in [1.54, 1.807) is 12.1 Å². The van der Waals surface area contributed by atoms with Gasteiger partial charge >= 0.3 is 12.0 Å². The highest BCUT2D eigenvalue weighted by Crippen LogP contribution is 2.38. The summed E-state index contributed by atoms with van der Waals surface area (Å²) in [6, 6.07) is 2.61. The van der Waals surface area contributed by atoms with Crippen LogP contribution in [0.25, 0.3) is 6.08 Å². The van der Waals surface area contributed by atoms with Gasteiger partial charge in [0.25, 0.3) is 11.8 Å². The third kappa shape index (κ3) is 5.11. The van der Waals surface area contributed by atoms with Crippen LogP contribution in [0.3, 0.4) is 0 Å². The molecular weight excluding hydrogens is 466 g/mol. The van der Waals surface area contributed by atoms with E-state index in [1.165, 1.54) is 6.08 Å². The van der Waals surface area contributed by atoms with E-state index in [4.69, 9.17) is 25.8 Å². The van der Waals surface area contributed by atoms with E-state index in [0.29, 0.717) is 59.1 Å². The molecule has 4 amide bonds. The van der Waals surface area contributed by atoms with Crippen LogP contribution in [0.15, 0.2) is 18.2 Å². The summed E-state index contributed by atoms with van der Waals surface area (Å²) < 4.78 is 16.1. The molecule has 1 aromatic carbocycles. The van der Waals surface area contributed by atoms with Gasteiger partial charge < -0.3 is 19.5 Å². The molecule has 0 radical (unpaired) electrons. The van der Waals surface area contributed by atoms with Gasteiger partial charge in [-0.1, -0.05) is 18.5 Å². The molecule has 1 saturated carbocycles. The van der Waals surface area contributed by atoms with Gasteiger partial charge in [0.15, 0.2) is 18.1 Å². The highest BCUT2D eigenvalue weighted by Gasteiger charge is 2.52. The predicted octanol–water partition coefficient (Wildman–Crippen LogP) is 2.59. The van der Waals surface area contributed by atoms with Crippen molar-refractivity contribution in [3.63, 3.8) is 0 Å². The summed E-state index contributed by atoms with van der Waals surface area (Å²) in [5, 5.41) is 3.72. The van der Waals surface area contributed by atoms with Gasteiger partial charge in [0.1, 0.15) is 5.54 Å². The van der Waals surface area contributed by atoms with Gasteiger partial charge in [-0.25, -0.2) is 9.59 Å². The molecule has 2 N–H and O–H groups in total. The van der Waals surface area contributed by atoms with E-state index in [2.05, 4.69) is 17.7 Å². The molecule has 34 heavy (non-hydrogen) atoms. The molecule has 1 aliphatic carbocycles. The van der Waals surface area contributed by atoms with Crippen LogP contribution >= 0.6 is 11.6 Å². The summed E-state index contributed by atoms with van der Waals surface area (Å²) in [5.74, 6) is -0.653. The predicted molar refractivity (Wildman–Crippen MR) is 121 cm³/mol. The second-order valence-corrected chi connectivity index (χ2v) is 9.10. The minimum absolute atomic E-state index is 0.352. The van der Waals surface area contributed by atoms with E-state index < -0.39 is 36.0 Å². The average molecular weight is 492 g/mol. The normalized spacial score (nSPS) is 24.2. The van der Waals surface area contributed by atoms with Crippen molar-refractivity contribution in [1.29, 1.82) is 0 Å². The smallest absolute Gasteiger partial charge is 0.344 e. The van der Waals surface area contributed by atoms with Gasteiger partial charge in [-0.05, 0) is 55.4 Å². The van der Waals surface area contributed by atoms with Crippen molar-refractivity contribution in [2.24, 2.45) is 5.92 Å². The Morgan fingerprint density at radius 3 is 2.76 bits per heavy atom. The molecule has 1 saturated heterocycles. The Kier molecular flexibility index (Phi) is 6.97. The number of nitrogens with one attached hydrogen (secondary N) is 2. The molecule has 2 heterocycles. The maximum Gasteiger partial charge on any atom is 0.344 e. The number of imide groups is 1.